The Bertz CT molecular complexity index is 485. The fourth-order valence-electron chi connectivity index (χ4n) is 2.04. The molecule has 0 saturated carbocycles. The SMILES string of the molecule is Cc1c(N2CCC(NC(=O)O)C2)cn[nH]c1=O. The minimum Gasteiger partial charge on any atom is -0.465 e. The number of hydrogen-bond acceptors (Lipinski definition) is 4. The first kappa shape index (κ1) is 11.4. The zero-order chi connectivity index (χ0) is 12.4. The Kier molecular flexibility index (Phi) is 2.99. The van der Waals surface area contributed by atoms with Gasteiger partial charge in [0.05, 0.1) is 17.9 Å². The number of amides is 1. The van der Waals surface area contributed by atoms with E-state index in [4.69, 9.17) is 5.11 Å². The van der Waals surface area contributed by atoms with Crippen molar-refractivity contribution in [3.8, 4) is 0 Å². The Morgan fingerprint density at radius 3 is 3.18 bits per heavy atom. The summed E-state index contributed by atoms with van der Waals surface area (Å²) in [5.74, 6) is 0. The number of aromatic nitrogens is 2. The van der Waals surface area contributed by atoms with Gasteiger partial charge in [-0.25, -0.2) is 9.89 Å². The minimum absolute atomic E-state index is 0.0915. The van der Waals surface area contributed by atoms with Gasteiger partial charge in [0.1, 0.15) is 0 Å². The molecular weight excluding hydrogens is 224 g/mol. The van der Waals surface area contributed by atoms with E-state index >= 15 is 0 Å². The number of hydrogen-bond donors (Lipinski definition) is 3. The summed E-state index contributed by atoms with van der Waals surface area (Å²) in [5.41, 5.74) is 1.16. The van der Waals surface area contributed by atoms with Gasteiger partial charge >= 0.3 is 6.09 Å². The number of carbonyl (C=O) groups is 1. The highest BCUT2D eigenvalue weighted by molar-refractivity contribution is 5.65. The molecule has 1 aromatic heterocycles. The zero-order valence-corrected chi connectivity index (χ0v) is 9.43. The predicted molar refractivity (Wildman–Crippen MR) is 61.4 cm³/mol. The van der Waals surface area contributed by atoms with Crippen LogP contribution in [0.25, 0.3) is 0 Å². The lowest BCUT2D eigenvalue weighted by Gasteiger charge is -2.19. The molecule has 2 rings (SSSR count). The number of nitrogens with zero attached hydrogens (tertiary/aromatic N) is 2. The lowest BCUT2D eigenvalue weighted by molar-refractivity contribution is 0.191. The summed E-state index contributed by atoms with van der Waals surface area (Å²) in [6.45, 7) is 3.02. The summed E-state index contributed by atoms with van der Waals surface area (Å²) in [7, 11) is 0. The highest BCUT2D eigenvalue weighted by Crippen LogP contribution is 2.20. The zero-order valence-electron chi connectivity index (χ0n) is 9.43. The number of anilines is 1. The van der Waals surface area contributed by atoms with Crippen LogP contribution in [0.15, 0.2) is 11.0 Å². The Hall–Kier alpha value is -2.05. The Labute approximate surface area is 97.4 Å². The molecule has 1 aliphatic heterocycles. The lowest BCUT2D eigenvalue weighted by Crippen LogP contribution is -2.36. The third-order valence-electron chi connectivity index (χ3n) is 2.93. The van der Waals surface area contributed by atoms with Crippen molar-refractivity contribution in [1.29, 1.82) is 0 Å². The molecule has 92 valence electrons. The van der Waals surface area contributed by atoms with Gasteiger partial charge in [-0.3, -0.25) is 4.79 Å². The average molecular weight is 238 g/mol. The van der Waals surface area contributed by atoms with Gasteiger partial charge in [0.15, 0.2) is 0 Å². The molecule has 1 amide bonds. The molecule has 0 aromatic carbocycles. The molecule has 1 unspecified atom stereocenters. The molecule has 3 N–H and O–H groups in total. The standard InChI is InChI=1S/C10H14N4O3/c1-6-8(4-11-13-9(6)15)14-3-2-7(5-14)12-10(16)17/h4,7,12H,2-3,5H2,1H3,(H,13,15)(H,16,17). The molecule has 0 radical (unpaired) electrons. The summed E-state index contributed by atoms with van der Waals surface area (Å²) in [4.78, 5) is 23.9. The number of nitrogens with one attached hydrogen (secondary N) is 2. The van der Waals surface area contributed by atoms with Crippen molar-refractivity contribution < 1.29 is 9.90 Å². The van der Waals surface area contributed by atoms with Crippen molar-refractivity contribution in [1.82, 2.24) is 15.5 Å². The molecule has 1 aliphatic rings. The van der Waals surface area contributed by atoms with Crippen molar-refractivity contribution in [2.24, 2.45) is 0 Å². The van der Waals surface area contributed by atoms with Gasteiger partial charge < -0.3 is 15.3 Å². The molecule has 17 heavy (non-hydrogen) atoms. The number of H-pyrrole nitrogens is 1. The maximum absolute atomic E-state index is 11.4. The van der Waals surface area contributed by atoms with Crippen LogP contribution in [-0.4, -0.2) is 40.5 Å². The van der Waals surface area contributed by atoms with E-state index in [-0.39, 0.29) is 11.6 Å². The van der Waals surface area contributed by atoms with Gasteiger partial charge in [-0.05, 0) is 13.3 Å². The van der Waals surface area contributed by atoms with Gasteiger partial charge in [0, 0.05) is 18.7 Å². The van der Waals surface area contributed by atoms with Gasteiger partial charge in [-0.1, -0.05) is 0 Å². The third kappa shape index (κ3) is 2.38. The second-order valence-electron chi connectivity index (χ2n) is 4.09. The molecule has 1 saturated heterocycles. The van der Waals surface area contributed by atoms with E-state index in [9.17, 15) is 9.59 Å². The first-order valence-electron chi connectivity index (χ1n) is 5.36. The van der Waals surface area contributed by atoms with Crippen LogP contribution in [0.5, 0.6) is 0 Å². The van der Waals surface area contributed by atoms with Crippen LogP contribution in [0.2, 0.25) is 0 Å². The minimum atomic E-state index is -1.02. The van der Waals surface area contributed by atoms with Crippen LogP contribution in [0.4, 0.5) is 10.5 Å². The highest BCUT2D eigenvalue weighted by Gasteiger charge is 2.25. The van der Waals surface area contributed by atoms with Gasteiger partial charge in [0.2, 0.25) is 0 Å². The van der Waals surface area contributed by atoms with Crippen molar-refractivity contribution in [2.75, 3.05) is 18.0 Å². The number of rotatable bonds is 2. The highest BCUT2D eigenvalue weighted by atomic mass is 16.4. The van der Waals surface area contributed by atoms with E-state index in [1.807, 2.05) is 4.90 Å². The number of aromatic amines is 1. The van der Waals surface area contributed by atoms with Gasteiger partial charge in [0.25, 0.3) is 5.56 Å². The third-order valence-corrected chi connectivity index (χ3v) is 2.93. The molecule has 0 aliphatic carbocycles. The summed E-state index contributed by atoms with van der Waals surface area (Å²) in [5, 5.41) is 17.2. The van der Waals surface area contributed by atoms with Crippen LogP contribution in [0, 0.1) is 6.92 Å². The number of carboxylic acid groups (broad SMARTS) is 1. The van der Waals surface area contributed by atoms with Crippen LogP contribution in [0.3, 0.4) is 0 Å². The summed E-state index contributed by atoms with van der Waals surface area (Å²) >= 11 is 0. The summed E-state index contributed by atoms with van der Waals surface area (Å²) in [6, 6.07) is -0.0915. The largest absolute Gasteiger partial charge is 0.465 e. The first-order chi connectivity index (χ1) is 8.08. The lowest BCUT2D eigenvalue weighted by atomic mass is 10.2. The molecule has 1 fully saturated rings. The average Bonchev–Trinajstić information content (AvgIpc) is 2.69. The van der Waals surface area contributed by atoms with E-state index in [2.05, 4.69) is 15.5 Å². The van der Waals surface area contributed by atoms with E-state index < -0.39 is 6.09 Å². The second kappa shape index (κ2) is 4.44. The van der Waals surface area contributed by atoms with Crippen molar-refractivity contribution in [2.45, 2.75) is 19.4 Å². The summed E-state index contributed by atoms with van der Waals surface area (Å²) < 4.78 is 0. The quantitative estimate of drug-likeness (QED) is 0.669. The Morgan fingerprint density at radius 1 is 1.71 bits per heavy atom. The van der Waals surface area contributed by atoms with E-state index in [0.717, 1.165) is 18.7 Å². The molecule has 1 atom stereocenters. The second-order valence-corrected chi connectivity index (χ2v) is 4.09. The molecular formula is C10H14N4O3. The van der Waals surface area contributed by atoms with Crippen molar-refractivity contribution in [3.63, 3.8) is 0 Å². The van der Waals surface area contributed by atoms with Gasteiger partial charge in [-0.15, -0.1) is 0 Å². The molecule has 0 spiro atoms. The van der Waals surface area contributed by atoms with Crippen LogP contribution in [-0.2, 0) is 0 Å². The summed E-state index contributed by atoms with van der Waals surface area (Å²) in [6.07, 6.45) is 1.32. The molecule has 7 heteroatoms. The molecule has 0 bridgehead atoms. The fourth-order valence-corrected chi connectivity index (χ4v) is 2.04. The van der Waals surface area contributed by atoms with Crippen molar-refractivity contribution in [3.05, 3.63) is 22.1 Å². The topological polar surface area (TPSA) is 98.3 Å². The van der Waals surface area contributed by atoms with E-state index in [1.54, 1.807) is 13.1 Å². The molecule has 1 aromatic rings. The monoisotopic (exact) mass is 238 g/mol. The van der Waals surface area contributed by atoms with E-state index in [1.165, 1.54) is 0 Å². The van der Waals surface area contributed by atoms with Crippen LogP contribution in [0.1, 0.15) is 12.0 Å². The van der Waals surface area contributed by atoms with Gasteiger partial charge in [-0.2, -0.15) is 5.10 Å². The Morgan fingerprint density at radius 2 is 2.47 bits per heavy atom. The predicted octanol–water partition coefficient (Wildman–Crippen LogP) is -0.0754. The molecule has 2 heterocycles. The smallest absolute Gasteiger partial charge is 0.404 e. The fraction of sp³-hybridized carbons (Fsp3) is 0.500. The van der Waals surface area contributed by atoms with Crippen LogP contribution >= 0.6 is 0 Å². The van der Waals surface area contributed by atoms with E-state index in [0.29, 0.717) is 12.1 Å². The maximum atomic E-state index is 11.4. The first-order valence-corrected chi connectivity index (χ1v) is 5.36. The molecule has 7 nitrogen and oxygen atoms in total. The Balaban J connectivity index is 2.12. The van der Waals surface area contributed by atoms with Crippen molar-refractivity contribution >= 4 is 11.8 Å². The normalized spacial score (nSPS) is 19.4. The van der Waals surface area contributed by atoms with Crippen LogP contribution < -0.4 is 15.8 Å². The maximum Gasteiger partial charge on any atom is 0.404 e.